The molecule has 0 aliphatic heterocycles. The second-order valence-electron chi connectivity index (χ2n) is 5.66. The van der Waals surface area contributed by atoms with Crippen molar-refractivity contribution in [1.82, 2.24) is 15.1 Å². The Kier molecular flexibility index (Phi) is 5.44. The Hall–Kier alpha value is -1.52. The fourth-order valence-electron chi connectivity index (χ4n) is 2.86. The van der Waals surface area contributed by atoms with E-state index in [9.17, 15) is 0 Å². The second kappa shape index (κ2) is 7.31. The lowest BCUT2D eigenvalue weighted by Gasteiger charge is -2.16. The van der Waals surface area contributed by atoms with Crippen molar-refractivity contribution >= 4 is 5.96 Å². The van der Waals surface area contributed by atoms with Crippen molar-refractivity contribution in [2.24, 2.45) is 17.8 Å². The lowest BCUT2D eigenvalue weighted by atomic mass is 10.1. The number of aliphatic imine (C=N–C) groups is 1. The molecule has 1 aliphatic rings. The number of aromatic nitrogens is 2. The maximum atomic E-state index is 6.01. The topological polar surface area (TPSA) is 68.2 Å². The quantitative estimate of drug-likeness (QED) is 0.503. The molecule has 0 aromatic carbocycles. The van der Waals surface area contributed by atoms with Crippen LogP contribution in [-0.2, 0) is 20.0 Å². The summed E-state index contributed by atoms with van der Waals surface area (Å²) in [5.74, 6) is 0.572. The van der Waals surface area contributed by atoms with Crippen LogP contribution in [-0.4, -0.2) is 21.8 Å². The molecular formula is C15H27N5. The van der Waals surface area contributed by atoms with E-state index in [1.165, 1.54) is 44.1 Å². The smallest absolute Gasteiger partial charge is 0.189 e. The Morgan fingerprint density at radius 1 is 1.40 bits per heavy atom. The summed E-state index contributed by atoms with van der Waals surface area (Å²) in [6, 6.07) is 0.501. The van der Waals surface area contributed by atoms with Crippen LogP contribution in [0.1, 0.15) is 56.7 Å². The highest BCUT2D eigenvalue weighted by atomic mass is 15.3. The Bertz CT molecular complexity index is 441. The standard InChI is InChI=1S/C15H27N5/c1-3-14-12(11-20(2)19-14)10-17-15(16)18-13-8-6-4-5-7-9-13/h11,13H,3-10H2,1-2H3,(H3,16,17,18). The molecule has 0 bridgehead atoms. The van der Waals surface area contributed by atoms with Gasteiger partial charge in [0, 0.05) is 24.8 Å². The van der Waals surface area contributed by atoms with Crippen molar-refractivity contribution in [3.8, 4) is 0 Å². The third-order valence-electron chi connectivity index (χ3n) is 3.95. The van der Waals surface area contributed by atoms with Crippen molar-refractivity contribution in [3.05, 3.63) is 17.5 Å². The van der Waals surface area contributed by atoms with Crippen molar-refractivity contribution < 1.29 is 0 Å². The van der Waals surface area contributed by atoms with E-state index < -0.39 is 0 Å². The van der Waals surface area contributed by atoms with E-state index in [2.05, 4.69) is 22.3 Å². The fourth-order valence-corrected chi connectivity index (χ4v) is 2.86. The first-order valence-electron chi connectivity index (χ1n) is 7.77. The third-order valence-corrected chi connectivity index (χ3v) is 3.95. The molecule has 0 spiro atoms. The molecule has 2 rings (SSSR count). The van der Waals surface area contributed by atoms with E-state index in [1.54, 1.807) is 0 Å². The van der Waals surface area contributed by atoms with Gasteiger partial charge in [-0.2, -0.15) is 5.10 Å². The molecule has 1 aromatic heterocycles. The van der Waals surface area contributed by atoms with Crippen LogP contribution >= 0.6 is 0 Å². The monoisotopic (exact) mass is 277 g/mol. The molecule has 112 valence electrons. The van der Waals surface area contributed by atoms with E-state index in [0.29, 0.717) is 18.5 Å². The van der Waals surface area contributed by atoms with Gasteiger partial charge in [0.15, 0.2) is 5.96 Å². The molecule has 5 heteroatoms. The minimum Gasteiger partial charge on any atom is -0.370 e. The molecule has 0 radical (unpaired) electrons. The van der Waals surface area contributed by atoms with Crippen molar-refractivity contribution in [1.29, 1.82) is 0 Å². The highest BCUT2D eigenvalue weighted by Crippen LogP contribution is 2.17. The zero-order valence-corrected chi connectivity index (χ0v) is 12.7. The summed E-state index contributed by atoms with van der Waals surface area (Å²) in [6.45, 7) is 2.73. The average Bonchev–Trinajstić information content (AvgIpc) is 2.62. The lowest BCUT2D eigenvalue weighted by molar-refractivity contribution is 0.530. The van der Waals surface area contributed by atoms with Gasteiger partial charge in [-0.05, 0) is 19.3 Å². The van der Waals surface area contributed by atoms with Crippen LogP contribution in [0.5, 0.6) is 0 Å². The predicted molar refractivity (Wildman–Crippen MR) is 82.5 cm³/mol. The summed E-state index contributed by atoms with van der Waals surface area (Å²) in [7, 11) is 1.94. The molecule has 1 fully saturated rings. The molecule has 0 saturated heterocycles. The number of rotatable bonds is 4. The molecule has 0 amide bonds. The number of guanidine groups is 1. The molecule has 3 N–H and O–H groups in total. The van der Waals surface area contributed by atoms with Crippen LogP contribution in [0.15, 0.2) is 11.2 Å². The molecule has 0 atom stereocenters. The van der Waals surface area contributed by atoms with Gasteiger partial charge in [0.25, 0.3) is 0 Å². The maximum Gasteiger partial charge on any atom is 0.189 e. The zero-order chi connectivity index (χ0) is 14.4. The van der Waals surface area contributed by atoms with Gasteiger partial charge >= 0.3 is 0 Å². The third kappa shape index (κ3) is 4.25. The van der Waals surface area contributed by atoms with Crippen molar-refractivity contribution in [2.75, 3.05) is 0 Å². The number of aryl methyl sites for hydroxylation is 2. The van der Waals surface area contributed by atoms with E-state index in [0.717, 1.165) is 12.1 Å². The molecule has 5 nitrogen and oxygen atoms in total. The summed E-state index contributed by atoms with van der Waals surface area (Å²) >= 11 is 0. The minimum absolute atomic E-state index is 0.501. The van der Waals surface area contributed by atoms with E-state index in [1.807, 2.05) is 17.9 Å². The fraction of sp³-hybridized carbons (Fsp3) is 0.733. The highest BCUT2D eigenvalue weighted by molar-refractivity contribution is 5.78. The van der Waals surface area contributed by atoms with Crippen LogP contribution in [0.4, 0.5) is 0 Å². The number of nitrogens with zero attached hydrogens (tertiary/aromatic N) is 3. The Labute approximate surface area is 121 Å². The Balaban J connectivity index is 1.89. The number of nitrogens with one attached hydrogen (secondary N) is 1. The number of nitrogens with two attached hydrogens (primary N) is 1. The predicted octanol–water partition coefficient (Wildman–Crippen LogP) is 2.11. The average molecular weight is 277 g/mol. The van der Waals surface area contributed by atoms with Gasteiger partial charge in [0.2, 0.25) is 0 Å². The first kappa shape index (κ1) is 14.9. The van der Waals surface area contributed by atoms with Crippen LogP contribution in [0.3, 0.4) is 0 Å². The summed E-state index contributed by atoms with van der Waals surface area (Å²) in [4.78, 5) is 4.47. The van der Waals surface area contributed by atoms with Gasteiger partial charge in [0.05, 0.1) is 12.2 Å². The Morgan fingerprint density at radius 2 is 2.10 bits per heavy atom. The molecular weight excluding hydrogens is 250 g/mol. The van der Waals surface area contributed by atoms with Crippen molar-refractivity contribution in [2.45, 2.75) is 64.5 Å². The van der Waals surface area contributed by atoms with Gasteiger partial charge in [-0.1, -0.05) is 32.6 Å². The minimum atomic E-state index is 0.501. The molecule has 0 unspecified atom stereocenters. The molecule has 1 aliphatic carbocycles. The summed E-state index contributed by atoms with van der Waals surface area (Å²) in [5, 5.41) is 7.80. The van der Waals surface area contributed by atoms with Gasteiger partial charge < -0.3 is 11.1 Å². The van der Waals surface area contributed by atoms with E-state index in [4.69, 9.17) is 5.73 Å². The molecule has 1 aromatic rings. The lowest BCUT2D eigenvalue weighted by Crippen LogP contribution is -2.39. The Morgan fingerprint density at radius 3 is 2.75 bits per heavy atom. The zero-order valence-electron chi connectivity index (χ0n) is 12.7. The van der Waals surface area contributed by atoms with Crippen molar-refractivity contribution in [3.63, 3.8) is 0 Å². The first-order chi connectivity index (χ1) is 9.69. The van der Waals surface area contributed by atoms with E-state index >= 15 is 0 Å². The van der Waals surface area contributed by atoms with Crippen LogP contribution in [0.25, 0.3) is 0 Å². The summed E-state index contributed by atoms with van der Waals surface area (Å²) in [5.41, 5.74) is 8.29. The first-order valence-corrected chi connectivity index (χ1v) is 7.77. The second-order valence-corrected chi connectivity index (χ2v) is 5.66. The molecule has 20 heavy (non-hydrogen) atoms. The summed E-state index contributed by atoms with van der Waals surface area (Å²) < 4.78 is 1.85. The molecule has 1 saturated carbocycles. The van der Waals surface area contributed by atoms with Gasteiger partial charge in [-0.25, -0.2) is 4.99 Å². The SMILES string of the molecule is CCc1nn(C)cc1CN=C(N)NC1CCCCCC1. The van der Waals surface area contributed by atoms with Gasteiger partial charge in [0.1, 0.15) is 0 Å². The van der Waals surface area contributed by atoms with Crippen LogP contribution in [0.2, 0.25) is 0 Å². The largest absolute Gasteiger partial charge is 0.370 e. The normalized spacial score (nSPS) is 18.0. The van der Waals surface area contributed by atoms with Crippen LogP contribution < -0.4 is 11.1 Å². The van der Waals surface area contributed by atoms with Gasteiger partial charge in [-0.3, -0.25) is 4.68 Å². The highest BCUT2D eigenvalue weighted by Gasteiger charge is 2.12. The van der Waals surface area contributed by atoms with E-state index in [-0.39, 0.29) is 0 Å². The molecule has 1 heterocycles. The maximum absolute atomic E-state index is 6.01. The number of hydrogen-bond acceptors (Lipinski definition) is 2. The number of hydrogen-bond donors (Lipinski definition) is 2. The van der Waals surface area contributed by atoms with Crippen LogP contribution in [0, 0.1) is 0 Å². The summed E-state index contributed by atoms with van der Waals surface area (Å²) in [6.07, 6.45) is 10.7. The van der Waals surface area contributed by atoms with Gasteiger partial charge in [-0.15, -0.1) is 0 Å².